The SMILES string of the molecule is CCc1ccccc1C(=O)N1CCCCC1CCC(=O)O. The fourth-order valence-electron chi connectivity index (χ4n) is 3.05. The van der Waals surface area contributed by atoms with Gasteiger partial charge in [0.15, 0.2) is 0 Å². The number of hydrogen-bond acceptors (Lipinski definition) is 2. The molecule has 1 unspecified atom stereocenters. The number of aliphatic carboxylic acids is 1. The molecule has 1 fully saturated rings. The molecule has 1 aliphatic rings. The summed E-state index contributed by atoms with van der Waals surface area (Å²) in [5.41, 5.74) is 1.83. The van der Waals surface area contributed by atoms with Crippen LogP contribution in [0.4, 0.5) is 0 Å². The number of piperidine rings is 1. The molecule has 114 valence electrons. The highest BCUT2D eigenvalue weighted by Gasteiger charge is 2.28. The zero-order chi connectivity index (χ0) is 15.2. The summed E-state index contributed by atoms with van der Waals surface area (Å²) in [5, 5.41) is 8.86. The minimum atomic E-state index is -0.790. The molecule has 0 radical (unpaired) electrons. The van der Waals surface area contributed by atoms with E-state index in [2.05, 4.69) is 0 Å². The van der Waals surface area contributed by atoms with Gasteiger partial charge in [0, 0.05) is 24.6 Å². The van der Waals surface area contributed by atoms with Crippen LogP contribution in [0.25, 0.3) is 0 Å². The lowest BCUT2D eigenvalue weighted by molar-refractivity contribution is -0.137. The average Bonchev–Trinajstić information content (AvgIpc) is 2.52. The number of likely N-dealkylation sites (tertiary alicyclic amines) is 1. The fraction of sp³-hybridized carbons (Fsp3) is 0.529. The second-order valence-corrected chi connectivity index (χ2v) is 5.59. The molecule has 0 aliphatic carbocycles. The van der Waals surface area contributed by atoms with E-state index < -0.39 is 5.97 Å². The minimum Gasteiger partial charge on any atom is -0.481 e. The highest BCUT2D eigenvalue weighted by Crippen LogP contribution is 2.24. The van der Waals surface area contributed by atoms with Crippen LogP contribution >= 0.6 is 0 Å². The molecule has 1 aromatic rings. The molecule has 0 bridgehead atoms. The van der Waals surface area contributed by atoms with E-state index in [9.17, 15) is 9.59 Å². The molecule has 4 heteroatoms. The Labute approximate surface area is 125 Å². The number of hydrogen-bond donors (Lipinski definition) is 1. The van der Waals surface area contributed by atoms with Crippen molar-refractivity contribution in [1.29, 1.82) is 0 Å². The van der Waals surface area contributed by atoms with Crippen molar-refractivity contribution >= 4 is 11.9 Å². The van der Waals surface area contributed by atoms with Crippen LogP contribution in [0.15, 0.2) is 24.3 Å². The predicted octanol–water partition coefficient (Wildman–Crippen LogP) is 3.11. The summed E-state index contributed by atoms with van der Waals surface area (Å²) >= 11 is 0. The van der Waals surface area contributed by atoms with Gasteiger partial charge < -0.3 is 10.0 Å². The quantitative estimate of drug-likeness (QED) is 0.906. The van der Waals surface area contributed by atoms with E-state index in [4.69, 9.17) is 5.11 Å². The number of benzene rings is 1. The van der Waals surface area contributed by atoms with E-state index in [-0.39, 0.29) is 18.4 Å². The molecule has 1 aromatic carbocycles. The molecule has 0 saturated carbocycles. The molecule has 1 heterocycles. The third-order valence-corrected chi connectivity index (χ3v) is 4.21. The number of rotatable bonds is 5. The molecule has 1 N–H and O–H groups in total. The van der Waals surface area contributed by atoms with Crippen LogP contribution in [0.1, 0.15) is 54.9 Å². The summed E-state index contributed by atoms with van der Waals surface area (Å²) in [6, 6.07) is 7.77. The van der Waals surface area contributed by atoms with Gasteiger partial charge in [-0.2, -0.15) is 0 Å². The third kappa shape index (κ3) is 3.84. The van der Waals surface area contributed by atoms with Gasteiger partial charge in [-0.05, 0) is 43.7 Å². The van der Waals surface area contributed by atoms with Crippen molar-refractivity contribution in [2.45, 2.75) is 51.5 Å². The maximum atomic E-state index is 12.8. The Balaban J connectivity index is 2.16. The Morgan fingerprint density at radius 1 is 1.29 bits per heavy atom. The predicted molar refractivity (Wildman–Crippen MR) is 81.4 cm³/mol. The Kier molecular flexibility index (Phi) is 5.37. The molecule has 1 aliphatic heterocycles. The summed E-state index contributed by atoms with van der Waals surface area (Å²) in [7, 11) is 0. The third-order valence-electron chi connectivity index (χ3n) is 4.21. The van der Waals surface area contributed by atoms with Crippen molar-refractivity contribution < 1.29 is 14.7 Å². The number of amides is 1. The molecule has 1 atom stereocenters. The van der Waals surface area contributed by atoms with Crippen LogP contribution in [0.2, 0.25) is 0 Å². The summed E-state index contributed by atoms with van der Waals surface area (Å²) in [5.74, 6) is -0.732. The molecule has 1 amide bonds. The Morgan fingerprint density at radius 2 is 2.05 bits per heavy atom. The summed E-state index contributed by atoms with van der Waals surface area (Å²) in [4.78, 5) is 25.5. The molecule has 4 nitrogen and oxygen atoms in total. The van der Waals surface area contributed by atoms with Crippen molar-refractivity contribution in [2.24, 2.45) is 0 Å². The number of carbonyl (C=O) groups excluding carboxylic acids is 1. The Morgan fingerprint density at radius 3 is 2.76 bits per heavy atom. The van der Waals surface area contributed by atoms with Crippen molar-refractivity contribution in [3.8, 4) is 0 Å². The lowest BCUT2D eigenvalue weighted by Crippen LogP contribution is -2.44. The average molecular weight is 289 g/mol. The Bertz CT molecular complexity index is 513. The van der Waals surface area contributed by atoms with E-state index in [1.54, 1.807) is 0 Å². The van der Waals surface area contributed by atoms with Crippen molar-refractivity contribution in [2.75, 3.05) is 6.54 Å². The van der Waals surface area contributed by atoms with Crippen molar-refractivity contribution in [1.82, 2.24) is 4.90 Å². The molecule has 1 saturated heterocycles. The lowest BCUT2D eigenvalue weighted by Gasteiger charge is -2.36. The molecular formula is C17H23NO3. The minimum absolute atomic E-state index is 0.0579. The van der Waals surface area contributed by atoms with Crippen LogP contribution < -0.4 is 0 Å². The van der Waals surface area contributed by atoms with Gasteiger partial charge in [-0.15, -0.1) is 0 Å². The molecule has 0 aromatic heterocycles. The molecule has 2 rings (SSSR count). The van der Waals surface area contributed by atoms with Crippen LogP contribution in [0.5, 0.6) is 0 Å². The summed E-state index contributed by atoms with van der Waals surface area (Å²) in [6.07, 6.45) is 4.50. The largest absolute Gasteiger partial charge is 0.481 e. The maximum absolute atomic E-state index is 12.8. The van der Waals surface area contributed by atoms with Gasteiger partial charge in [-0.3, -0.25) is 9.59 Å². The summed E-state index contributed by atoms with van der Waals surface area (Å²) < 4.78 is 0. The number of carboxylic acid groups (broad SMARTS) is 1. The second kappa shape index (κ2) is 7.25. The number of carboxylic acids is 1. The van der Waals surface area contributed by atoms with E-state index in [1.807, 2.05) is 36.1 Å². The van der Waals surface area contributed by atoms with E-state index >= 15 is 0 Å². The van der Waals surface area contributed by atoms with Crippen molar-refractivity contribution in [3.63, 3.8) is 0 Å². The standard InChI is InChI=1S/C17H23NO3/c1-2-13-7-3-4-9-15(13)17(21)18-12-6-5-8-14(18)10-11-16(19)20/h3-4,7,9,14H,2,5-6,8,10-12H2,1H3,(H,19,20). The highest BCUT2D eigenvalue weighted by molar-refractivity contribution is 5.96. The van der Waals surface area contributed by atoms with E-state index in [1.165, 1.54) is 0 Å². The normalized spacial score (nSPS) is 18.5. The second-order valence-electron chi connectivity index (χ2n) is 5.59. The molecular weight excluding hydrogens is 266 g/mol. The Hall–Kier alpha value is -1.84. The zero-order valence-corrected chi connectivity index (χ0v) is 12.5. The van der Waals surface area contributed by atoms with E-state index in [0.717, 1.165) is 43.4 Å². The van der Waals surface area contributed by atoms with Gasteiger partial charge in [0.25, 0.3) is 5.91 Å². The molecule has 21 heavy (non-hydrogen) atoms. The number of nitrogens with zero attached hydrogens (tertiary/aromatic N) is 1. The van der Waals surface area contributed by atoms with Crippen LogP contribution in [-0.4, -0.2) is 34.5 Å². The van der Waals surface area contributed by atoms with E-state index in [0.29, 0.717) is 6.42 Å². The first-order chi connectivity index (χ1) is 10.1. The van der Waals surface area contributed by atoms with Gasteiger partial charge >= 0.3 is 5.97 Å². The van der Waals surface area contributed by atoms with Crippen molar-refractivity contribution in [3.05, 3.63) is 35.4 Å². The first-order valence-electron chi connectivity index (χ1n) is 7.74. The maximum Gasteiger partial charge on any atom is 0.303 e. The monoisotopic (exact) mass is 289 g/mol. The topological polar surface area (TPSA) is 57.6 Å². The zero-order valence-electron chi connectivity index (χ0n) is 12.5. The van der Waals surface area contributed by atoms with Crippen LogP contribution in [-0.2, 0) is 11.2 Å². The van der Waals surface area contributed by atoms with Crippen LogP contribution in [0, 0.1) is 0 Å². The first kappa shape index (κ1) is 15.5. The smallest absolute Gasteiger partial charge is 0.303 e. The number of aryl methyl sites for hydroxylation is 1. The first-order valence-corrected chi connectivity index (χ1v) is 7.74. The molecule has 0 spiro atoms. The number of carbonyl (C=O) groups is 2. The van der Waals surface area contributed by atoms with Gasteiger partial charge in [-0.1, -0.05) is 25.1 Å². The lowest BCUT2D eigenvalue weighted by atomic mass is 9.95. The van der Waals surface area contributed by atoms with Crippen LogP contribution in [0.3, 0.4) is 0 Å². The van der Waals surface area contributed by atoms with Gasteiger partial charge in [0.2, 0.25) is 0 Å². The van der Waals surface area contributed by atoms with Gasteiger partial charge in [0.05, 0.1) is 0 Å². The summed E-state index contributed by atoms with van der Waals surface area (Å²) in [6.45, 7) is 2.78. The van der Waals surface area contributed by atoms with Gasteiger partial charge in [0.1, 0.15) is 0 Å². The highest BCUT2D eigenvalue weighted by atomic mass is 16.4. The fourth-order valence-corrected chi connectivity index (χ4v) is 3.05. The van der Waals surface area contributed by atoms with Gasteiger partial charge in [-0.25, -0.2) is 0 Å².